The molecule has 0 radical (unpaired) electrons. The molecule has 2 aliphatic heterocycles. The average molecular weight is 331 g/mol. The number of benzene rings is 1. The van der Waals surface area contributed by atoms with Crippen molar-refractivity contribution in [3.05, 3.63) is 35.9 Å². The first kappa shape index (κ1) is 16.8. The highest BCUT2D eigenvalue weighted by molar-refractivity contribution is 5.76. The zero-order valence-electron chi connectivity index (χ0n) is 14.2. The largest absolute Gasteiger partial charge is 0.445 e. The van der Waals surface area contributed by atoms with Gasteiger partial charge in [0.15, 0.2) is 0 Å². The lowest BCUT2D eigenvalue weighted by molar-refractivity contribution is -0.121. The van der Waals surface area contributed by atoms with Gasteiger partial charge in [-0.2, -0.15) is 0 Å². The van der Waals surface area contributed by atoms with Gasteiger partial charge in [-0.25, -0.2) is 4.79 Å². The van der Waals surface area contributed by atoms with Gasteiger partial charge in [0.25, 0.3) is 0 Å². The normalized spacial score (nSPS) is 25.2. The molecule has 6 heteroatoms. The molecule has 1 aromatic carbocycles. The maximum atomic E-state index is 12.5. The van der Waals surface area contributed by atoms with Crippen molar-refractivity contribution in [3.63, 3.8) is 0 Å². The minimum Gasteiger partial charge on any atom is -0.445 e. The lowest BCUT2D eigenvalue weighted by Gasteiger charge is -2.48. The molecule has 2 heterocycles. The number of carbonyl (C=O) groups excluding carboxylic acids is 2. The van der Waals surface area contributed by atoms with Crippen LogP contribution in [0.1, 0.15) is 24.8 Å². The van der Waals surface area contributed by atoms with Gasteiger partial charge in [0.2, 0.25) is 5.91 Å². The number of hydrogen-bond acceptors (Lipinski definition) is 4. The molecule has 2 saturated heterocycles. The van der Waals surface area contributed by atoms with E-state index in [4.69, 9.17) is 4.74 Å². The molecule has 0 saturated carbocycles. The predicted octanol–water partition coefficient (Wildman–Crippen LogP) is 1.61. The first-order valence-electron chi connectivity index (χ1n) is 8.53. The van der Waals surface area contributed by atoms with Gasteiger partial charge in [-0.05, 0) is 25.5 Å². The monoisotopic (exact) mass is 331 g/mol. The molecule has 1 spiro atoms. The molecule has 0 aromatic heterocycles. The Morgan fingerprint density at radius 1 is 1.25 bits per heavy atom. The smallest absolute Gasteiger partial charge is 0.410 e. The van der Waals surface area contributed by atoms with E-state index in [0.717, 1.165) is 24.9 Å². The maximum Gasteiger partial charge on any atom is 0.410 e. The Bertz CT molecular complexity index is 592. The second-order valence-corrected chi connectivity index (χ2v) is 6.71. The van der Waals surface area contributed by atoms with Crippen molar-refractivity contribution in [2.75, 3.05) is 33.2 Å². The molecule has 1 N–H and O–H groups in total. The van der Waals surface area contributed by atoms with Gasteiger partial charge in [-0.15, -0.1) is 0 Å². The Labute approximate surface area is 142 Å². The van der Waals surface area contributed by atoms with Crippen LogP contribution in [0.3, 0.4) is 0 Å². The Morgan fingerprint density at radius 2 is 2.04 bits per heavy atom. The third-order valence-electron chi connectivity index (χ3n) is 5.19. The molecule has 2 amide bonds. The van der Waals surface area contributed by atoms with Crippen molar-refractivity contribution in [1.29, 1.82) is 0 Å². The summed E-state index contributed by atoms with van der Waals surface area (Å²) in [5.41, 5.74) is 0.849. The second-order valence-electron chi connectivity index (χ2n) is 6.71. The van der Waals surface area contributed by atoms with Crippen molar-refractivity contribution in [1.82, 2.24) is 15.1 Å². The molecule has 0 aliphatic carbocycles. The van der Waals surface area contributed by atoms with Crippen LogP contribution in [0.4, 0.5) is 4.79 Å². The Balaban J connectivity index is 1.62. The van der Waals surface area contributed by atoms with E-state index >= 15 is 0 Å². The van der Waals surface area contributed by atoms with Crippen molar-refractivity contribution in [3.8, 4) is 0 Å². The number of nitrogens with one attached hydrogen (secondary N) is 1. The van der Waals surface area contributed by atoms with Gasteiger partial charge in [-0.3, -0.25) is 9.69 Å². The first-order valence-corrected chi connectivity index (χ1v) is 8.53. The van der Waals surface area contributed by atoms with Crippen LogP contribution in [0.5, 0.6) is 0 Å². The third-order valence-corrected chi connectivity index (χ3v) is 5.19. The zero-order chi connectivity index (χ0) is 17.0. The molecule has 3 rings (SSSR count). The number of nitrogens with zero attached hydrogens (tertiary/aromatic N) is 2. The van der Waals surface area contributed by atoms with Crippen LogP contribution in [-0.4, -0.2) is 60.6 Å². The molecule has 2 aliphatic rings. The third kappa shape index (κ3) is 3.70. The standard InChI is InChI=1S/C18H25N3O3/c1-20-11-12-21(14-18(20)8-7-16(22)19-10-9-18)17(23)24-13-15-5-3-2-4-6-15/h2-6H,7-14H2,1H3,(H,19,22)/t18-/m0/s1. The fourth-order valence-corrected chi connectivity index (χ4v) is 3.56. The summed E-state index contributed by atoms with van der Waals surface area (Å²) in [5, 5.41) is 2.93. The molecule has 1 atom stereocenters. The average Bonchev–Trinajstić information content (AvgIpc) is 2.79. The molecule has 24 heavy (non-hydrogen) atoms. The lowest BCUT2D eigenvalue weighted by atomic mass is 9.86. The van der Waals surface area contributed by atoms with Crippen LogP contribution in [0.2, 0.25) is 0 Å². The number of amides is 2. The number of hydrogen-bond donors (Lipinski definition) is 1. The van der Waals surface area contributed by atoms with E-state index in [1.807, 2.05) is 30.3 Å². The number of likely N-dealkylation sites (N-methyl/N-ethyl adjacent to an activating group) is 1. The van der Waals surface area contributed by atoms with E-state index in [1.165, 1.54) is 0 Å². The SMILES string of the molecule is CN1CCN(C(=O)OCc2ccccc2)C[C@]12CCNC(=O)CC2. The van der Waals surface area contributed by atoms with E-state index < -0.39 is 0 Å². The zero-order valence-corrected chi connectivity index (χ0v) is 14.2. The summed E-state index contributed by atoms with van der Waals surface area (Å²) in [4.78, 5) is 28.2. The molecule has 2 fully saturated rings. The van der Waals surface area contributed by atoms with Crippen LogP contribution in [0.15, 0.2) is 30.3 Å². The van der Waals surface area contributed by atoms with E-state index in [0.29, 0.717) is 32.7 Å². The second kappa shape index (κ2) is 7.21. The van der Waals surface area contributed by atoms with Crippen LogP contribution < -0.4 is 5.32 Å². The minimum absolute atomic E-state index is 0.101. The van der Waals surface area contributed by atoms with Gasteiger partial charge >= 0.3 is 6.09 Å². The maximum absolute atomic E-state index is 12.5. The fraction of sp³-hybridized carbons (Fsp3) is 0.556. The Kier molecular flexibility index (Phi) is 5.04. The van der Waals surface area contributed by atoms with Crippen molar-refractivity contribution in [2.24, 2.45) is 0 Å². The van der Waals surface area contributed by atoms with Gasteiger partial charge < -0.3 is 15.0 Å². The Hall–Kier alpha value is -2.08. The Morgan fingerprint density at radius 3 is 2.83 bits per heavy atom. The lowest BCUT2D eigenvalue weighted by Crippen LogP contribution is -2.62. The molecule has 130 valence electrons. The van der Waals surface area contributed by atoms with Gasteiger partial charge in [0.1, 0.15) is 6.61 Å². The fourth-order valence-electron chi connectivity index (χ4n) is 3.56. The highest BCUT2D eigenvalue weighted by atomic mass is 16.6. The molecule has 0 bridgehead atoms. The van der Waals surface area contributed by atoms with E-state index in [-0.39, 0.29) is 17.5 Å². The summed E-state index contributed by atoms with van der Waals surface area (Å²) in [6.07, 6.45) is 1.88. The number of ether oxygens (including phenoxy) is 1. The summed E-state index contributed by atoms with van der Waals surface area (Å²) < 4.78 is 5.48. The van der Waals surface area contributed by atoms with Crippen molar-refractivity contribution >= 4 is 12.0 Å². The predicted molar refractivity (Wildman–Crippen MR) is 90.4 cm³/mol. The molecule has 6 nitrogen and oxygen atoms in total. The summed E-state index contributed by atoms with van der Waals surface area (Å²) in [5.74, 6) is 0.101. The van der Waals surface area contributed by atoms with E-state index in [2.05, 4.69) is 17.3 Å². The van der Waals surface area contributed by atoms with Gasteiger partial charge in [0.05, 0.1) is 0 Å². The number of carbonyl (C=O) groups is 2. The number of piperazine rings is 1. The summed E-state index contributed by atoms with van der Waals surface area (Å²) >= 11 is 0. The topological polar surface area (TPSA) is 61.9 Å². The van der Waals surface area contributed by atoms with Gasteiger partial charge in [-0.1, -0.05) is 30.3 Å². The van der Waals surface area contributed by atoms with E-state index in [9.17, 15) is 9.59 Å². The summed E-state index contributed by atoms with van der Waals surface area (Å²) in [7, 11) is 2.09. The molecular weight excluding hydrogens is 306 g/mol. The molecule has 0 unspecified atom stereocenters. The highest BCUT2D eigenvalue weighted by Crippen LogP contribution is 2.30. The summed E-state index contributed by atoms with van der Waals surface area (Å²) in [6, 6.07) is 9.70. The van der Waals surface area contributed by atoms with Gasteiger partial charge in [0, 0.05) is 38.1 Å². The van der Waals surface area contributed by atoms with Crippen LogP contribution >= 0.6 is 0 Å². The summed E-state index contributed by atoms with van der Waals surface area (Å²) in [6.45, 7) is 3.03. The molecular formula is C18H25N3O3. The van der Waals surface area contributed by atoms with Crippen LogP contribution in [0.25, 0.3) is 0 Å². The van der Waals surface area contributed by atoms with Crippen LogP contribution in [0, 0.1) is 0 Å². The van der Waals surface area contributed by atoms with E-state index in [1.54, 1.807) is 4.90 Å². The van der Waals surface area contributed by atoms with Crippen LogP contribution in [-0.2, 0) is 16.1 Å². The van der Waals surface area contributed by atoms with Crippen molar-refractivity contribution < 1.29 is 14.3 Å². The minimum atomic E-state index is -0.269. The quantitative estimate of drug-likeness (QED) is 0.894. The number of rotatable bonds is 2. The highest BCUT2D eigenvalue weighted by Gasteiger charge is 2.42. The molecule has 1 aromatic rings. The van der Waals surface area contributed by atoms with Crippen molar-refractivity contribution in [2.45, 2.75) is 31.4 Å². The first-order chi connectivity index (χ1) is 11.6.